The van der Waals surface area contributed by atoms with Crippen LogP contribution in [-0.2, 0) is 0 Å². The molecule has 0 bridgehead atoms. The van der Waals surface area contributed by atoms with Crippen molar-refractivity contribution in [1.82, 2.24) is 9.97 Å². The van der Waals surface area contributed by atoms with E-state index in [0.717, 1.165) is 27.9 Å². The number of methoxy groups -OCH3 is 1. The number of benzene rings is 1. The molecule has 90 valence electrons. The number of pyridine rings is 1. The van der Waals surface area contributed by atoms with E-state index in [4.69, 9.17) is 16.3 Å². The lowest BCUT2D eigenvalue weighted by Crippen LogP contribution is -1.86. The van der Waals surface area contributed by atoms with Crippen LogP contribution in [0.15, 0.2) is 42.7 Å². The second-order valence-electron chi connectivity index (χ2n) is 3.94. The number of rotatable bonds is 2. The van der Waals surface area contributed by atoms with Gasteiger partial charge in [0.05, 0.1) is 12.1 Å². The first-order valence-electron chi connectivity index (χ1n) is 5.55. The minimum absolute atomic E-state index is 0.669. The Balaban J connectivity index is 2.23. The quantitative estimate of drug-likeness (QED) is 0.757. The van der Waals surface area contributed by atoms with Crippen LogP contribution in [0.4, 0.5) is 0 Å². The molecule has 18 heavy (non-hydrogen) atoms. The lowest BCUT2D eigenvalue weighted by Gasteiger charge is -2.07. The number of nitrogens with zero attached hydrogens (tertiary/aromatic N) is 1. The molecule has 0 aliphatic rings. The average Bonchev–Trinajstić information content (AvgIpc) is 2.87. The highest BCUT2D eigenvalue weighted by molar-refractivity contribution is 6.33. The average molecular weight is 259 g/mol. The van der Waals surface area contributed by atoms with Gasteiger partial charge >= 0.3 is 0 Å². The van der Waals surface area contributed by atoms with Gasteiger partial charge < -0.3 is 9.72 Å². The van der Waals surface area contributed by atoms with Crippen molar-refractivity contribution in [2.24, 2.45) is 0 Å². The molecule has 3 rings (SSSR count). The van der Waals surface area contributed by atoms with E-state index in [0.29, 0.717) is 5.02 Å². The molecule has 0 saturated heterocycles. The van der Waals surface area contributed by atoms with Gasteiger partial charge in [-0.15, -0.1) is 0 Å². The van der Waals surface area contributed by atoms with E-state index in [-0.39, 0.29) is 0 Å². The van der Waals surface area contributed by atoms with E-state index in [1.165, 1.54) is 0 Å². The molecule has 3 aromatic rings. The molecule has 0 atom stereocenters. The number of hydrogen-bond donors (Lipinski definition) is 1. The van der Waals surface area contributed by atoms with Crippen molar-refractivity contribution in [1.29, 1.82) is 0 Å². The van der Waals surface area contributed by atoms with Gasteiger partial charge in [0.1, 0.15) is 11.4 Å². The molecular weight excluding hydrogens is 248 g/mol. The molecule has 0 amide bonds. The van der Waals surface area contributed by atoms with E-state index in [2.05, 4.69) is 9.97 Å². The highest BCUT2D eigenvalue weighted by Gasteiger charge is 2.09. The fourth-order valence-corrected chi connectivity index (χ4v) is 2.31. The summed E-state index contributed by atoms with van der Waals surface area (Å²) < 4.78 is 5.16. The normalized spacial score (nSPS) is 10.8. The standard InChI is InChI=1S/C14H11ClN2O/c1-18-9-2-3-11(13(15)8-9)10-4-6-16-14-12(10)5-7-17-14/h2-8H,1H3,(H,16,17). The third-order valence-electron chi connectivity index (χ3n) is 2.93. The number of aromatic amines is 1. The Morgan fingerprint density at radius 3 is 2.83 bits per heavy atom. The van der Waals surface area contributed by atoms with Gasteiger partial charge in [0.2, 0.25) is 0 Å². The van der Waals surface area contributed by atoms with E-state index < -0.39 is 0 Å². The zero-order chi connectivity index (χ0) is 12.5. The molecule has 0 saturated carbocycles. The van der Waals surface area contributed by atoms with E-state index in [1.807, 2.05) is 36.5 Å². The first-order chi connectivity index (χ1) is 8.79. The number of fused-ring (bicyclic) bond motifs is 1. The summed E-state index contributed by atoms with van der Waals surface area (Å²) in [5, 5.41) is 1.73. The zero-order valence-electron chi connectivity index (χ0n) is 9.77. The number of nitrogens with one attached hydrogen (secondary N) is 1. The van der Waals surface area contributed by atoms with Gasteiger partial charge in [0.25, 0.3) is 0 Å². The monoisotopic (exact) mass is 258 g/mol. The summed E-state index contributed by atoms with van der Waals surface area (Å²) in [5.41, 5.74) is 2.90. The van der Waals surface area contributed by atoms with Gasteiger partial charge in [-0.25, -0.2) is 4.98 Å². The van der Waals surface area contributed by atoms with Crippen LogP contribution in [0.25, 0.3) is 22.2 Å². The molecular formula is C14H11ClN2O. The number of hydrogen-bond acceptors (Lipinski definition) is 2. The SMILES string of the molecule is COc1ccc(-c2ccnc3[nH]ccc23)c(Cl)c1. The van der Waals surface area contributed by atoms with Gasteiger partial charge in [-0.1, -0.05) is 11.6 Å². The largest absolute Gasteiger partial charge is 0.497 e. The first-order valence-corrected chi connectivity index (χ1v) is 5.93. The molecule has 2 heterocycles. The van der Waals surface area contributed by atoms with Gasteiger partial charge in [-0.3, -0.25) is 0 Å². The summed E-state index contributed by atoms with van der Waals surface area (Å²) in [4.78, 5) is 7.36. The summed E-state index contributed by atoms with van der Waals surface area (Å²) in [5.74, 6) is 0.753. The second-order valence-corrected chi connectivity index (χ2v) is 4.35. The Hall–Kier alpha value is -2.00. The highest BCUT2D eigenvalue weighted by atomic mass is 35.5. The first kappa shape index (κ1) is 11.1. The third kappa shape index (κ3) is 1.73. The van der Waals surface area contributed by atoms with Crippen LogP contribution in [-0.4, -0.2) is 17.1 Å². The summed E-state index contributed by atoms with van der Waals surface area (Å²) in [6.07, 6.45) is 3.65. The number of H-pyrrole nitrogens is 1. The van der Waals surface area contributed by atoms with Gasteiger partial charge in [0, 0.05) is 23.3 Å². The van der Waals surface area contributed by atoms with Crippen molar-refractivity contribution in [3.05, 3.63) is 47.7 Å². The zero-order valence-corrected chi connectivity index (χ0v) is 10.5. The van der Waals surface area contributed by atoms with Crippen molar-refractivity contribution in [2.75, 3.05) is 7.11 Å². The molecule has 0 spiro atoms. The Kier molecular flexibility index (Phi) is 2.68. The van der Waals surface area contributed by atoms with Crippen LogP contribution < -0.4 is 4.74 Å². The summed E-state index contributed by atoms with van der Waals surface area (Å²) >= 11 is 6.30. The van der Waals surface area contributed by atoms with Crippen molar-refractivity contribution >= 4 is 22.6 Å². The van der Waals surface area contributed by atoms with Crippen LogP contribution in [0.5, 0.6) is 5.75 Å². The van der Waals surface area contributed by atoms with Crippen molar-refractivity contribution in [3.63, 3.8) is 0 Å². The molecule has 2 aromatic heterocycles. The molecule has 0 radical (unpaired) electrons. The van der Waals surface area contributed by atoms with E-state index >= 15 is 0 Å². The van der Waals surface area contributed by atoms with Gasteiger partial charge in [-0.05, 0) is 35.9 Å². The number of halogens is 1. The van der Waals surface area contributed by atoms with Crippen LogP contribution in [0.2, 0.25) is 5.02 Å². The van der Waals surface area contributed by atoms with E-state index in [9.17, 15) is 0 Å². The molecule has 3 nitrogen and oxygen atoms in total. The van der Waals surface area contributed by atoms with Gasteiger partial charge in [0.15, 0.2) is 0 Å². The Bertz CT molecular complexity index is 706. The Labute approximate surface area is 109 Å². The van der Waals surface area contributed by atoms with Gasteiger partial charge in [-0.2, -0.15) is 0 Å². The smallest absolute Gasteiger partial charge is 0.137 e. The van der Waals surface area contributed by atoms with E-state index in [1.54, 1.807) is 13.3 Å². The van der Waals surface area contributed by atoms with Crippen molar-refractivity contribution < 1.29 is 4.74 Å². The molecule has 1 aromatic carbocycles. The summed E-state index contributed by atoms with van der Waals surface area (Å²) in [6, 6.07) is 9.64. The van der Waals surface area contributed by atoms with Crippen molar-refractivity contribution in [3.8, 4) is 16.9 Å². The number of aromatic nitrogens is 2. The Morgan fingerprint density at radius 1 is 1.17 bits per heavy atom. The van der Waals surface area contributed by atoms with Crippen LogP contribution >= 0.6 is 11.6 Å². The predicted octanol–water partition coefficient (Wildman–Crippen LogP) is 3.89. The molecule has 0 fully saturated rings. The van der Waals surface area contributed by atoms with Crippen molar-refractivity contribution in [2.45, 2.75) is 0 Å². The maximum atomic E-state index is 6.30. The fraction of sp³-hybridized carbons (Fsp3) is 0.0714. The maximum absolute atomic E-state index is 6.30. The van der Waals surface area contributed by atoms with Crippen LogP contribution in [0.3, 0.4) is 0 Å². The van der Waals surface area contributed by atoms with Crippen LogP contribution in [0.1, 0.15) is 0 Å². The topological polar surface area (TPSA) is 37.9 Å². The minimum atomic E-state index is 0.669. The second kappa shape index (κ2) is 4.35. The predicted molar refractivity (Wildman–Crippen MR) is 73.1 cm³/mol. The fourth-order valence-electron chi connectivity index (χ4n) is 2.04. The molecule has 0 aliphatic carbocycles. The highest BCUT2D eigenvalue weighted by Crippen LogP contribution is 2.34. The maximum Gasteiger partial charge on any atom is 0.137 e. The summed E-state index contributed by atoms with van der Waals surface area (Å²) in [6.45, 7) is 0. The number of ether oxygens (including phenoxy) is 1. The lowest BCUT2D eigenvalue weighted by molar-refractivity contribution is 0.415. The Morgan fingerprint density at radius 2 is 2.06 bits per heavy atom. The lowest BCUT2D eigenvalue weighted by atomic mass is 10.0. The third-order valence-corrected chi connectivity index (χ3v) is 3.24. The molecule has 4 heteroatoms. The minimum Gasteiger partial charge on any atom is -0.497 e. The molecule has 1 N–H and O–H groups in total. The summed E-state index contributed by atoms with van der Waals surface area (Å²) in [7, 11) is 1.63. The molecule has 0 aliphatic heterocycles. The molecule has 0 unspecified atom stereocenters. The van der Waals surface area contributed by atoms with Crippen LogP contribution in [0, 0.1) is 0 Å².